The summed E-state index contributed by atoms with van der Waals surface area (Å²) in [4.78, 5) is 30.7. The van der Waals surface area contributed by atoms with E-state index in [0.29, 0.717) is 42.8 Å². The molecule has 2 heterocycles. The number of methoxy groups -OCH3 is 1. The van der Waals surface area contributed by atoms with E-state index in [9.17, 15) is 14.9 Å². The number of carbonyl (C=O) groups is 2. The Morgan fingerprint density at radius 1 is 1.43 bits per heavy atom. The van der Waals surface area contributed by atoms with Crippen LogP contribution in [0.2, 0.25) is 0 Å². The molecule has 0 aliphatic carbocycles. The van der Waals surface area contributed by atoms with Crippen LogP contribution in [0.1, 0.15) is 27.4 Å². The van der Waals surface area contributed by atoms with Gasteiger partial charge in [-0.2, -0.15) is 10.2 Å². The minimum atomic E-state index is -0.744. The molecule has 190 valence electrons. The van der Waals surface area contributed by atoms with E-state index in [1.54, 1.807) is 43.2 Å². The number of carbonyl (C=O) groups excluding carboxylic acids is 2. The van der Waals surface area contributed by atoms with Gasteiger partial charge in [0.2, 0.25) is 17.7 Å². The number of rotatable bonds is 12. The number of nitriles is 1. The molecule has 1 aliphatic rings. The minimum absolute atomic E-state index is 0. The van der Waals surface area contributed by atoms with Crippen LogP contribution in [-0.4, -0.2) is 72.1 Å². The van der Waals surface area contributed by atoms with Crippen LogP contribution in [0.15, 0.2) is 39.9 Å². The van der Waals surface area contributed by atoms with Crippen molar-refractivity contribution in [3.05, 3.63) is 47.1 Å². The van der Waals surface area contributed by atoms with Gasteiger partial charge in [-0.25, -0.2) is 0 Å². The zero-order valence-corrected chi connectivity index (χ0v) is 20.6. The molecular formula is C23H32N6O5S. The lowest BCUT2D eigenvalue weighted by Gasteiger charge is -2.15. The number of aromatic nitrogens is 2. The molecule has 3 rings (SSSR count). The topological polar surface area (TPSA) is 143 Å². The molecule has 0 saturated carbocycles. The van der Waals surface area contributed by atoms with Crippen LogP contribution < -0.4 is 10.6 Å². The van der Waals surface area contributed by atoms with Gasteiger partial charge in [0.1, 0.15) is 17.8 Å². The maximum absolute atomic E-state index is 12.9. The lowest BCUT2D eigenvalue weighted by Crippen LogP contribution is -2.32. The molecule has 1 aliphatic heterocycles. The Morgan fingerprint density at radius 3 is 2.91 bits per heavy atom. The van der Waals surface area contributed by atoms with E-state index in [1.807, 2.05) is 13.0 Å². The number of aryl methyl sites for hydroxylation is 1. The van der Waals surface area contributed by atoms with Gasteiger partial charge in [-0.15, -0.1) is 0 Å². The van der Waals surface area contributed by atoms with Crippen molar-refractivity contribution < 1.29 is 26.4 Å². The molecule has 0 spiro atoms. The van der Waals surface area contributed by atoms with Gasteiger partial charge in [0.25, 0.3) is 0 Å². The van der Waals surface area contributed by atoms with Gasteiger partial charge in [-0.3, -0.25) is 9.59 Å². The molecule has 11 nitrogen and oxygen atoms in total. The van der Waals surface area contributed by atoms with Crippen LogP contribution in [0.4, 0.5) is 11.4 Å². The van der Waals surface area contributed by atoms with Crippen LogP contribution in [-0.2, 0) is 19.1 Å². The van der Waals surface area contributed by atoms with E-state index < -0.39 is 5.92 Å². The van der Waals surface area contributed by atoms with Crippen molar-refractivity contribution >= 4 is 35.0 Å². The van der Waals surface area contributed by atoms with Gasteiger partial charge < -0.3 is 29.5 Å². The Balaban J connectivity index is 0.00000342. The van der Waals surface area contributed by atoms with Gasteiger partial charge in [0, 0.05) is 34.4 Å². The summed E-state index contributed by atoms with van der Waals surface area (Å²) in [7, 11) is 1.57. The van der Waals surface area contributed by atoms with Gasteiger partial charge in [0.15, 0.2) is 5.82 Å². The highest BCUT2D eigenvalue weighted by Gasteiger charge is 2.36. The summed E-state index contributed by atoms with van der Waals surface area (Å²) in [5.74, 6) is -0.415. The number of hydrogen-bond donors (Lipinski definition) is 2. The fraction of sp³-hybridized carbons (Fsp3) is 0.435. The monoisotopic (exact) mass is 504 g/mol. The van der Waals surface area contributed by atoms with Gasteiger partial charge >= 0.3 is 0 Å². The summed E-state index contributed by atoms with van der Waals surface area (Å²) >= 11 is 1.38. The Morgan fingerprint density at radius 2 is 2.23 bits per heavy atom. The van der Waals surface area contributed by atoms with Crippen molar-refractivity contribution in [1.29, 1.82) is 5.26 Å². The summed E-state index contributed by atoms with van der Waals surface area (Å²) in [5.41, 5.74) is 1.37. The zero-order chi connectivity index (χ0) is 25.2. The zero-order valence-electron chi connectivity index (χ0n) is 19.8. The summed E-state index contributed by atoms with van der Waals surface area (Å²) < 4.78 is 15.2. The second kappa shape index (κ2) is 12.9. The second-order valence-corrected chi connectivity index (χ2v) is 8.76. The first-order chi connectivity index (χ1) is 16.9. The number of nitrogens with zero attached hydrogens (tertiary/aromatic N) is 4. The molecule has 2 atom stereocenters. The normalized spacial score (nSPS) is 17.4. The number of thioether (sulfide) groups is 1. The highest BCUT2D eigenvalue weighted by Crippen LogP contribution is 2.37. The van der Waals surface area contributed by atoms with Gasteiger partial charge in [0.05, 0.1) is 24.3 Å². The first kappa shape index (κ1) is 26.2. The van der Waals surface area contributed by atoms with Crippen molar-refractivity contribution in [2.45, 2.75) is 25.0 Å². The summed E-state index contributed by atoms with van der Waals surface area (Å²) in [6.07, 6.45) is 1.68. The SMILES string of the molecule is CCN1C(=O)C(CNc2cccc(NC(=O)COCCOC)c2)S/C1=C\[C@H](C#N)c1nc(C)no1.[HH].[HH]. The third kappa shape index (κ3) is 7.29. The molecule has 35 heavy (non-hydrogen) atoms. The predicted molar refractivity (Wildman–Crippen MR) is 135 cm³/mol. The van der Waals surface area contributed by atoms with Crippen molar-refractivity contribution in [3.8, 4) is 6.07 Å². The molecule has 2 amide bonds. The van der Waals surface area contributed by atoms with E-state index in [-0.39, 0.29) is 32.4 Å². The molecule has 1 aromatic carbocycles. The summed E-state index contributed by atoms with van der Waals surface area (Å²) in [6, 6.07) is 9.36. The molecule has 2 N–H and O–H groups in total. The van der Waals surface area contributed by atoms with Crippen molar-refractivity contribution in [3.63, 3.8) is 0 Å². The first-order valence-electron chi connectivity index (χ1n) is 11.0. The molecule has 1 saturated heterocycles. The average Bonchev–Trinajstić information content (AvgIpc) is 3.41. The Kier molecular flexibility index (Phi) is 9.66. The van der Waals surface area contributed by atoms with E-state index in [2.05, 4.69) is 26.8 Å². The third-order valence-electron chi connectivity index (χ3n) is 4.95. The summed E-state index contributed by atoms with van der Waals surface area (Å²) in [5, 5.41) is 19.6. The van der Waals surface area contributed by atoms with E-state index in [1.165, 1.54) is 11.8 Å². The quantitative estimate of drug-likeness (QED) is 0.414. The van der Waals surface area contributed by atoms with E-state index in [0.717, 1.165) is 5.69 Å². The smallest absolute Gasteiger partial charge is 0.250 e. The number of benzene rings is 1. The largest absolute Gasteiger partial charge is 0.383 e. The molecular weight excluding hydrogens is 472 g/mol. The predicted octanol–water partition coefficient (Wildman–Crippen LogP) is 3.00. The fourth-order valence-corrected chi connectivity index (χ4v) is 4.53. The summed E-state index contributed by atoms with van der Waals surface area (Å²) in [6.45, 7) is 5.10. The Hall–Kier alpha value is -3.40. The van der Waals surface area contributed by atoms with E-state index >= 15 is 0 Å². The average molecular weight is 505 g/mol. The lowest BCUT2D eigenvalue weighted by atomic mass is 10.1. The number of allylic oxidation sites excluding steroid dienone is 1. The highest BCUT2D eigenvalue weighted by atomic mass is 32.2. The van der Waals surface area contributed by atoms with Crippen LogP contribution in [0, 0.1) is 18.3 Å². The molecule has 1 unspecified atom stereocenters. The number of hydrogen-bond acceptors (Lipinski definition) is 10. The third-order valence-corrected chi connectivity index (χ3v) is 6.20. The maximum Gasteiger partial charge on any atom is 0.250 e. The molecule has 12 heteroatoms. The minimum Gasteiger partial charge on any atom is -0.383 e. The van der Waals surface area contributed by atoms with E-state index in [4.69, 9.17) is 14.0 Å². The maximum atomic E-state index is 12.9. The molecule has 1 fully saturated rings. The molecule has 2 aromatic rings. The first-order valence-corrected chi connectivity index (χ1v) is 11.9. The Labute approximate surface area is 210 Å². The van der Waals surface area contributed by atoms with Crippen molar-refractivity contribution in [2.75, 3.05) is 50.7 Å². The number of anilines is 2. The molecule has 0 bridgehead atoms. The second-order valence-electron chi connectivity index (χ2n) is 7.54. The number of amides is 2. The van der Waals surface area contributed by atoms with Crippen LogP contribution in [0.5, 0.6) is 0 Å². The standard InChI is InChI=1S/C23H28N6O5S.2H2/c1-4-29-21(10-16(12-24)22-26-15(2)28-34-22)35-19(23(29)31)13-25-17-6-5-7-18(11-17)27-20(30)14-33-9-8-32-3;;/h5-7,10-11,16,19,25H,4,8-9,13-14H2,1-3H3,(H,27,30);2*1H/b21-10-;;/t16-,19?;;/m1../s1. The van der Waals surface area contributed by atoms with Gasteiger partial charge in [-0.05, 0) is 38.1 Å². The number of ether oxygens (including phenoxy) is 2. The van der Waals surface area contributed by atoms with Crippen LogP contribution in [0.3, 0.4) is 0 Å². The van der Waals surface area contributed by atoms with Crippen molar-refractivity contribution in [2.24, 2.45) is 0 Å². The Bertz CT molecular complexity index is 1110. The molecule has 1 aromatic heterocycles. The molecule has 0 radical (unpaired) electrons. The van der Waals surface area contributed by atoms with Crippen molar-refractivity contribution in [1.82, 2.24) is 15.0 Å². The number of nitrogens with one attached hydrogen (secondary N) is 2. The van der Waals surface area contributed by atoms with Gasteiger partial charge in [-0.1, -0.05) is 23.0 Å². The highest BCUT2D eigenvalue weighted by molar-refractivity contribution is 8.04. The van der Waals surface area contributed by atoms with Crippen LogP contribution >= 0.6 is 11.8 Å². The lowest BCUT2D eigenvalue weighted by molar-refractivity contribution is -0.127. The fourth-order valence-electron chi connectivity index (χ4n) is 3.28. The van der Waals surface area contributed by atoms with Crippen LogP contribution in [0.25, 0.3) is 0 Å².